The first-order valence-corrected chi connectivity index (χ1v) is 13.7. The van der Waals surface area contributed by atoms with Crippen LogP contribution in [0.2, 0.25) is 5.02 Å². The molecule has 5 aromatic rings. The summed E-state index contributed by atoms with van der Waals surface area (Å²) < 4.78 is 5.47. The number of aromatic hydroxyl groups is 1. The maximum absolute atomic E-state index is 14.0. The van der Waals surface area contributed by atoms with Gasteiger partial charge in [-0.2, -0.15) is 0 Å². The molecule has 2 aliphatic heterocycles. The molecule has 1 unspecified atom stereocenters. The Bertz CT molecular complexity index is 1690. The van der Waals surface area contributed by atoms with E-state index >= 15 is 0 Å². The van der Waals surface area contributed by atoms with Gasteiger partial charge in [-0.05, 0) is 65.2 Å². The van der Waals surface area contributed by atoms with Crippen LogP contribution in [0, 0.1) is 0 Å². The van der Waals surface area contributed by atoms with Gasteiger partial charge in [-0.3, -0.25) is 4.79 Å². The first-order valence-electron chi connectivity index (χ1n) is 13.4. The van der Waals surface area contributed by atoms with Crippen LogP contribution in [0.25, 0.3) is 22.2 Å². The number of aromatic amines is 1. The van der Waals surface area contributed by atoms with Crippen LogP contribution < -0.4 is 4.90 Å². The predicted octanol–water partition coefficient (Wildman–Crippen LogP) is 6.17. The van der Waals surface area contributed by atoms with E-state index in [1.165, 1.54) is 5.69 Å². The van der Waals surface area contributed by atoms with Crippen molar-refractivity contribution in [1.82, 2.24) is 14.9 Å². The second kappa shape index (κ2) is 10.0. The number of carbonyl (C=O) groups excluding carboxylic acids is 1. The molecule has 1 amide bonds. The summed E-state index contributed by atoms with van der Waals surface area (Å²) in [7, 11) is 0. The maximum Gasteiger partial charge on any atom is 0.255 e. The fraction of sp³-hybridized carbons (Fsp3) is 0.188. The smallest absolute Gasteiger partial charge is 0.255 e. The van der Waals surface area contributed by atoms with Crippen LogP contribution in [0.1, 0.15) is 33.4 Å². The van der Waals surface area contributed by atoms with Crippen molar-refractivity contribution in [2.24, 2.45) is 0 Å². The van der Waals surface area contributed by atoms with Gasteiger partial charge in [-0.1, -0.05) is 48.0 Å². The lowest BCUT2D eigenvalue weighted by Crippen LogP contribution is -2.36. The lowest BCUT2D eigenvalue weighted by atomic mass is 10.00. The van der Waals surface area contributed by atoms with E-state index < -0.39 is 6.04 Å². The molecule has 0 bridgehead atoms. The van der Waals surface area contributed by atoms with Gasteiger partial charge in [0.2, 0.25) is 0 Å². The Hall–Kier alpha value is -4.33. The molecule has 0 spiro atoms. The summed E-state index contributed by atoms with van der Waals surface area (Å²) >= 11 is 6.35. The number of halogens is 1. The number of phenols is 1. The van der Waals surface area contributed by atoms with Gasteiger partial charge in [0, 0.05) is 41.5 Å². The number of rotatable bonds is 5. The number of nitrogens with zero attached hydrogens (tertiary/aromatic N) is 3. The molecule has 2 N–H and O–H groups in total. The Kier molecular flexibility index (Phi) is 6.18. The molecular weight excluding hydrogens is 524 g/mol. The van der Waals surface area contributed by atoms with Gasteiger partial charge in [-0.15, -0.1) is 0 Å². The second-order valence-electron chi connectivity index (χ2n) is 10.2. The van der Waals surface area contributed by atoms with Crippen LogP contribution in [-0.4, -0.2) is 52.2 Å². The molecule has 4 aromatic carbocycles. The number of carbonyl (C=O) groups is 1. The third-order valence-corrected chi connectivity index (χ3v) is 8.02. The summed E-state index contributed by atoms with van der Waals surface area (Å²) in [6, 6.07) is 26.5. The fourth-order valence-corrected chi connectivity index (χ4v) is 5.89. The molecular formula is C32H27ClN4O3. The van der Waals surface area contributed by atoms with E-state index in [-0.39, 0.29) is 11.7 Å². The molecule has 200 valence electrons. The minimum atomic E-state index is -0.651. The molecule has 7 nitrogen and oxygen atoms in total. The van der Waals surface area contributed by atoms with Gasteiger partial charge in [-0.25, -0.2) is 4.98 Å². The van der Waals surface area contributed by atoms with Gasteiger partial charge < -0.3 is 24.6 Å². The predicted molar refractivity (Wildman–Crippen MR) is 156 cm³/mol. The molecule has 1 aromatic heterocycles. The van der Waals surface area contributed by atoms with Crippen molar-refractivity contribution in [2.45, 2.75) is 12.6 Å². The van der Waals surface area contributed by atoms with Crippen LogP contribution >= 0.6 is 11.6 Å². The number of aromatic nitrogens is 2. The summed E-state index contributed by atoms with van der Waals surface area (Å²) in [5.41, 5.74) is 6.95. The van der Waals surface area contributed by atoms with Gasteiger partial charge in [0.05, 0.1) is 24.2 Å². The normalized spacial score (nSPS) is 16.0. The number of nitrogens with one attached hydrogen (secondary N) is 1. The number of benzene rings is 4. The van der Waals surface area contributed by atoms with Gasteiger partial charge in [0.1, 0.15) is 17.6 Å². The minimum absolute atomic E-state index is 0.0552. The molecule has 1 fully saturated rings. The van der Waals surface area contributed by atoms with Crippen molar-refractivity contribution in [3.8, 4) is 16.9 Å². The van der Waals surface area contributed by atoms with E-state index in [1.54, 1.807) is 23.1 Å². The molecule has 0 radical (unpaired) electrons. The van der Waals surface area contributed by atoms with Crippen LogP contribution in [-0.2, 0) is 11.3 Å². The van der Waals surface area contributed by atoms with Gasteiger partial charge in [0.25, 0.3) is 5.91 Å². The van der Waals surface area contributed by atoms with E-state index in [4.69, 9.17) is 21.3 Å². The summed E-state index contributed by atoms with van der Waals surface area (Å²) in [5, 5.41) is 11.3. The molecule has 3 heterocycles. The molecule has 1 saturated heterocycles. The lowest BCUT2D eigenvalue weighted by molar-refractivity contribution is 0.0724. The van der Waals surface area contributed by atoms with E-state index in [2.05, 4.69) is 40.2 Å². The second-order valence-corrected chi connectivity index (χ2v) is 10.6. The summed E-state index contributed by atoms with van der Waals surface area (Å²) in [4.78, 5) is 26.2. The fourth-order valence-electron chi connectivity index (χ4n) is 5.71. The molecule has 40 heavy (non-hydrogen) atoms. The maximum atomic E-state index is 14.0. The number of imidazole rings is 1. The van der Waals surface area contributed by atoms with E-state index in [0.29, 0.717) is 28.5 Å². The van der Waals surface area contributed by atoms with E-state index in [0.717, 1.165) is 54.0 Å². The summed E-state index contributed by atoms with van der Waals surface area (Å²) in [5.74, 6) is 0.505. The van der Waals surface area contributed by atoms with Crippen molar-refractivity contribution < 1.29 is 14.6 Å². The Morgan fingerprint density at radius 1 is 0.925 bits per heavy atom. The Morgan fingerprint density at radius 2 is 1.70 bits per heavy atom. The summed E-state index contributed by atoms with van der Waals surface area (Å²) in [6.45, 7) is 3.65. The van der Waals surface area contributed by atoms with E-state index in [9.17, 15) is 9.90 Å². The number of morpholine rings is 1. The molecule has 8 heteroatoms. The number of hydrogen-bond donors (Lipinski definition) is 2. The SMILES string of the molecule is O=C1c2cc(-c3ccc(N4CCOCC4)cc3)ccc2CN1C(c1nc2ccccc2[nH]1)c1cc(Cl)ccc1O. The zero-order chi connectivity index (χ0) is 27.2. The average molecular weight is 551 g/mol. The third-order valence-electron chi connectivity index (χ3n) is 7.78. The number of para-hydroxylation sites is 2. The minimum Gasteiger partial charge on any atom is -0.508 e. The standard InChI is InChI=1S/C32H27ClN4O3/c33-23-9-12-29(38)26(18-23)30(31-34-27-3-1-2-4-28(27)35-31)37-19-22-6-5-21(17-25(22)32(37)39)20-7-10-24(11-8-20)36-13-15-40-16-14-36/h1-12,17-18,30,38H,13-16,19H2,(H,34,35). The Labute approximate surface area is 236 Å². The van der Waals surface area contributed by atoms with Crippen LogP contribution in [0.5, 0.6) is 5.75 Å². The molecule has 2 aliphatic rings. The van der Waals surface area contributed by atoms with Crippen molar-refractivity contribution in [3.63, 3.8) is 0 Å². The van der Waals surface area contributed by atoms with Crippen molar-refractivity contribution >= 4 is 34.2 Å². The van der Waals surface area contributed by atoms with Crippen molar-refractivity contribution in [2.75, 3.05) is 31.2 Å². The largest absolute Gasteiger partial charge is 0.508 e. The summed E-state index contributed by atoms with van der Waals surface area (Å²) in [6.07, 6.45) is 0. The Morgan fingerprint density at radius 3 is 2.50 bits per heavy atom. The van der Waals surface area contributed by atoms with Crippen molar-refractivity contribution in [1.29, 1.82) is 0 Å². The van der Waals surface area contributed by atoms with Crippen molar-refractivity contribution in [3.05, 3.63) is 112 Å². The highest BCUT2D eigenvalue weighted by molar-refractivity contribution is 6.30. The van der Waals surface area contributed by atoms with Gasteiger partial charge in [0.15, 0.2) is 0 Å². The topological polar surface area (TPSA) is 81.7 Å². The van der Waals surface area contributed by atoms with Crippen LogP contribution in [0.15, 0.2) is 84.9 Å². The van der Waals surface area contributed by atoms with Gasteiger partial charge >= 0.3 is 0 Å². The number of fused-ring (bicyclic) bond motifs is 2. The average Bonchev–Trinajstić information content (AvgIpc) is 3.56. The van der Waals surface area contributed by atoms with Crippen LogP contribution in [0.4, 0.5) is 5.69 Å². The molecule has 1 atom stereocenters. The Balaban J connectivity index is 1.24. The highest BCUT2D eigenvalue weighted by Crippen LogP contribution is 2.40. The molecule has 0 aliphatic carbocycles. The lowest BCUT2D eigenvalue weighted by Gasteiger charge is -2.28. The van der Waals surface area contributed by atoms with Crippen LogP contribution in [0.3, 0.4) is 0 Å². The zero-order valence-electron chi connectivity index (χ0n) is 21.7. The quantitative estimate of drug-likeness (QED) is 0.273. The number of ether oxygens (including phenoxy) is 1. The molecule has 0 saturated carbocycles. The zero-order valence-corrected chi connectivity index (χ0v) is 22.4. The first kappa shape index (κ1) is 24.7. The monoisotopic (exact) mass is 550 g/mol. The number of hydrogen-bond acceptors (Lipinski definition) is 5. The number of H-pyrrole nitrogens is 1. The highest BCUT2D eigenvalue weighted by atomic mass is 35.5. The number of phenolic OH excluding ortho intramolecular Hbond substituents is 1. The third kappa shape index (κ3) is 4.37. The highest BCUT2D eigenvalue weighted by Gasteiger charge is 2.37. The number of amides is 1. The number of anilines is 1. The molecule has 7 rings (SSSR count). The van der Waals surface area contributed by atoms with E-state index in [1.807, 2.05) is 36.4 Å². The first-order chi connectivity index (χ1) is 19.5.